The molecule has 0 radical (unpaired) electrons. The maximum Gasteiger partial charge on any atom is 0.416 e. The van der Waals surface area contributed by atoms with Gasteiger partial charge >= 0.3 is 11.0 Å². The van der Waals surface area contributed by atoms with Gasteiger partial charge in [-0.25, -0.2) is 0 Å². The average molecular weight is 446 g/mol. The highest BCUT2D eigenvalue weighted by Crippen LogP contribution is 2.47. The minimum atomic E-state index is -4.48. The number of benzene rings is 2. The summed E-state index contributed by atoms with van der Waals surface area (Å²) in [6, 6.07) is 8.18. The van der Waals surface area contributed by atoms with E-state index in [0.29, 0.717) is 16.4 Å². The van der Waals surface area contributed by atoms with Crippen LogP contribution in [0.15, 0.2) is 46.1 Å². The molecule has 0 saturated carbocycles. The number of alkyl halides is 3. The Kier molecular flexibility index (Phi) is 4.84. The van der Waals surface area contributed by atoms with Crippen LogP contribution in [-0.4, -0.2) is 15.8 Å². The van der Waals surface area contributed by atoms with Gasteiger partial charge in [-0.05, 0) is 35.9 Å². The van der Waals surface area contributed by atoms with Gasteiger partial charge in [0.25, 0.3) is 0 Å². The van der Waals surface area contributed by atoms with Crippen LogP contribution >= 0.6 is 34.7 Å². The number of aromatic amines is 1. The number of ether oxygens (including phenoxy) is 1. The molecule has 2 heterocycles. The van der Waals surface area contributed by atoms with Gasteiger partial charge in [0.05, 0.1) is 15.5 Å². The standard InChI is InChI=1S/C18H11ClF3NO3S2/c19-12-5-8(18(20,21)22)1-4-13(12)26-9-2-3-10-11(7-27-14(10)6-9)15-16(24)23-17(25)28-15/h1-6,11,24H,7H2,(H,23,25). The SMILES string of the molecule is O=c1[nH]c(O)c(C2CSc3cc(Oc4ccc(C(F)(F)F)cc4Cl)ccc32)s1. The monoisotopic (exact) mass is 445 g/mol. The van der Waals surface area contributed by atoms with Gasteiger partial charge in [-0.15, -0.1) is 11.8 Å². The van der Waals surface area contributed by atoms with Crippen LogP contribution in [0.1, 0.15) is 21.9 Å². The molecule has 0 fully saturated rings. The minimum Gasteiger partial charge on any atom is -0.494 e. The van der Waals surface area contributed by atoms with Crippen molar-refractivity contribution in [3.05, 3.63) is 67.1 Å². The van der Waals surface area contributed by atoms with Crippen LogP contribution in [0.4, 0.5) is 13.2 Å². The summed E-state index contributed by atoms with van der Waals surface area (Å²) in [5.41, 5.74) is 0.101. The molecule has 3 aromatic rings. The zero-order valence-corrected chi connectivity index (χ0v) is 16.2. The van der Waals surface area contributed by atoms with Crippen LogP contribution in [-0.2, 0) is 6.18 Å². The Morgan fingerprint density at radius 3 is 2.64 bits per heavy atom. The Hall–Kier alpha value is -2.10. The van der Waals surface area contributed by atoms with E-state index in [0.717, 1.165) is 33.9 Å². The van der Waals surface area contributed by atoms with E-state index in [2.05, 4.69) is 4.98 Å². The number of hydrogen-bond acceptors (Lipinski definition) is 5. The smallest absolute Gasteiger partial charge is 0.416 e. The van der Waals surface area contributed by atoms with Gasteiger partial charge in [-0.2, -0.15) is 13.2 Å². The van der Waals surface area contributed by atoms with E-state index in [4.69, 9.17) is 16.3 Å². The third-order valence-electron chi connectivity index (χ3n) is 4.23. The number of thiazole rings is 1. The van der Waals surface area contributed by atoms with Gasteiger partial charge in [0.15, 0.2) is 0 Å². The summed E-state index contributed by atoms with van der Waals surface area (Å²) in [4.78, 5) is 15.0. The number of halogens is 4. The number of thioether (sulfide) groups is 1. The highest BCUT2D eigenvalue weighted by molar-refractivity contribution is 7.99. The second kappa shape index (κ2) is 7.06. The second-order valence-electron chi connectivity index (χ2n) is 6.04. The summed E-state index contributed by atoms with van der Waals surface area (Å²) in [5, 5.41) is 9.77. The molecule has 28 heavy (non-hydrogen) atoms. The lowest BCUT2D eigenvalue weighted by molar-refractivity contribution is -0.137. The van der Waals surface area contributed by atoms with Crippen molar-refractivity contribution in [3.8, 4) is 17.4 Å². The van der Waals surface area contributed by atoms with Crippen molar-refractivity contribution < 1.29 is 23.0 Å². The van der Waals surface area contributed by atoms with Crippen molar-refractivity contribution in [2.45, 2.75) is 17.0 Å². The molecule has 1 atom stereocenters. The number of aromatic hydroxyl groups is 1. The van der Waals surface area contributed by atoms with Crippen LogP contribution in [0.3, 0.4) is 0 Å². The average Bonchev–Trinajstić information content (AvgIpc) is 3.17. The van der Waals surface area contributed by atoms with Gasteiger partial charge in [0.2, 0.25) is 5.88 Å². The number of rotatable bonds is 3. The van der Waals surface area contributed by atoms with E-state index in [-0.39, 0.29) is 27.4 Å². The van der Waals surface area contributed by atoms with Crippen molar-refractivity contribution in [2.75, 3.05) is 5.75 Å². The Morgan fingerprint density at radius 1 is 1.21 bits per heavy atom. The van der Waals surface area contributed by atoms with Crippen molar-refractivity contribution in [1.29, 1.82) is 0 Å². The Morgan fingerprint density at radius 2 is 2.00 bits per heavy atom. The molecule has 2 N–H and O–H groups in total. The first kappa shape index (κ1) is 19.2. The van der Waals surface area contributed by atoms with E-state index < -0.39 is 11.7 Å². The molecule has 146 valence electrons. The van der Waals surface area contributed by atoms with Crippen LogP contribution in [0.2, 0.25) is 5.02 Å². The molecule has 4 rings (SSSR count). The molecule has 2 aromatic carbocycles. The molecule has 0 amide bonds. The summed E-state index contributed by atoms with van der Waals surface area (Å²) in [6.07, 6.45) is -4.48. The van der Waals surface area contributed by atoms with Crippen molar-refractivity contribution in [1.82, 2.24) is 4.98 Å². The molecule has 0 aliphatic carbocycles. The number of nitrogens with one attached hydrogen (secondary N) is 1. The summed E-state index contributed by atoms with van der Waals surface area (Å²) in [6.45, 7) is 0. The molecule has 0 saturated heterocycles. The summed E-state index contributed by atoms with van der Waals surface area (Å²) in [7, 11) is 0. The zero-order valence-electron chi connectivity index (χ0n) is 13.8. The van der Waals surface area contributed by atoms with Crippen LogP contribution in [0, 0.1) is 0 Å². The predicted molar refractivity (Wildman–Crippen MR) is 102 cm³/mol. The number of H-pyrrole nitrogens is 1. The lowest BCUT2D eigenvalue weighted by Gasteiger charge is -2.12. The largest absolute Gasteiger partial charge is 0.494 e. The highest BCUT2D eigenvalue weighted by atomic mass is 35.5. The van der Waals surface area contributed by atoms with Gasteiger partial charge in [-0.3, -0.25) is 9.78 Å². The molecule has 1 aromatic heterocycles. The normalized spacial score (nSPS) is 16.2. The van der Waals surface area contributed by atoms with Gasteiger partial charge in [-0.1, -0.05) is 29.0 Å². The number of fused-ring (bicyclic) bond motifs is 1. The Labute approximate surface area is 169 Å². The fraction of sp³-hybridized carbons (Fsp3) is 0.167. The number of aromatic nitrogens is 1. The highest BCUT2D eigenvalue weighted by Gasteiger charge is 2.31. The minimum absolute atomic E-state index is 0.118. The Balaban J connectivity index is 1.59. The first-order valence-corrected chi connectivity index (χ1v) is 10.1. The van der Waals surface area contributed by atoms with Crippen molar-refractivity contribution in [3.63, 3.8) is 0 Å². The number of hydrogen-bond donors (Lipinski definition) is 2. The lowest BCUT2D eigenvalue weighted by atomic mass is 10.00. The lowest BCUT2D eigenvalue weighted by Crippen LogP contribution is -2.04. The van der Waals surface area contributed by atoms with Gasteiger partial charge in [0.1, 0.15) is 11.5 Å². The second-order valence-corrected chi connectivity index (χ2v) is 8.52. The maximum absolute atomic E-state index is 12.7. The van der Waals surface area contributed by atoms with Crippen molar-refractivity contribution in [2.24, 2.45) is 0 Å². The molecule has 1 aliphatic rings. The van der Waals surface area contributed by atoms with Crippen LogP contribution < -0.4 is 9.61 Å². The summed E-state index contributed by atoms with van der Waals surface area (Å²) >= 11 is 8.45. The summed E-state index contributed by atoms with van der Waals surface area (Å²) in [5.74, 6) is 0.968. The molecule has 10 heteroatoms. The Bertz CT molecular complexity index is 1110. The van der Waals surface area contributed by atoms with Gasteiger partial charge < -0.3 is 9.84 Å². The van der Waals surface area contributed by atoms with Gasteiger partial charge in [0, 0.05) is 16.6 Å². The van der Waals surface area contributed by atoms with E-state index in [1.807, 2.05) is 6.07 Å². The van der Waals surface area contributed by atoms with Crippen molar-refractivity contribution >= 4 is 34.7 Å². The van der Waals surface area contributed by atoms with Crippen LogP contribution in [0.5, 0.6) is 17.4 Å². The molecule has 1 unspecified atom stereocenters. The van der Waals surface area contributed by atoms with E-state index in [1.54, 1.807) is 23.9 Å². The third kappa shape index (κ3) is 3.61. The van der Waals surface area contributed by atoms with E-state index in [1.165, 1.54) is 6.07 Å². The zero-order chi connectivity index (χ0) is 20.1. The quantitative estimate of drug-likeness (QED) is 0.531. The topological polar surface area (TPSA) is 62.3 Å². The molecule has 0 bridgehead atoms. The molecular formula is C18H11ClF3NO3S2. The molecule has 1 aliphatic heterocycles. The molecular weight excluding hydrogens is 435 g/mol. The molecule has 4 nitrogen and oxygen atoms in total. The fourth-order valence-corrected chi connectivity index (χ4v) is 5.37. The first-order valence-electron chi connectivity index (χ1n) is 7.95. The molecule has 0 spiro atoms. The fourth-order valence-electron chi connectivity index (χ4n) is 2.93. The predicted octanol–water partition coefficient (Wildman–Crippen LogP) is 5.84. The summed E-state index contributed by atoms with van der Waals surface area (Å²) < 4.78 is 43.9. The van der Waals surface area contributed by atoms with Crippen LogP contribution in [0.25, 0.3) is 0 Å². The first-order chi connectivity index (χ1) is 13.2. The maximum atomic E-state index is 12.7. The third-order valence-corrected chi connectivity index (χ3v) is 6.67. The van der Waals surface area contributed by atoms with E-state index >= 15 is 0 Å². The van der Waals surface area contributed by atoms with E-state index in [9.17, 15) is 23.1 Å².